The van der Waals surface area contributed by atoms with Gasteiger partial charge in [0, 0.05) is 0 Å². The molecule has 0 aliphatic heterocycles. The number of esters is 1. The Bertz CT molecular complexity index is 213. The fourth-order valence-electron chi connectivity index (χ4n) is 1.21. The van der Waals surface area contributed by atoms with Gasteiger partial charge in [-0.1, -0.05) is 6.92 Å². The molecular weight excluding hydrogens is 222 g/mol. The number of hydrogen-bond donors (Lipinski definition) is 1. The molecule has 0 bridgehead atoms. The van der Waals surface area contributed by atoms with Crippen molar-refractivity contribution in [2.24, 2.45) is 0 Å². The van der Waals surface area contributed by atoms with Gasteiger partial charge >= 0.3 is 5.97 Å². The minimum absolute atomic E-state index is 0.160. The second kappa shape index (κ2) is 8.44. The van der Waals surface area contributed by atoms with Crippen molar-refractivity contribution in [3.8, 4) is 0 Å². The first-order valence-corrected chi connectivity index (χ1v) is 5.93. The normalized spacial score (nSPS) is 13.5. The van der Waals surface area contributed by atoms with Crippen LogP contribution < -0.4 is 5.32 Å². The molecule has 0 radical (unpaired) electrons. The van der Waals surface area contributed by atoms with Gasteiger partial charge in [-0.25, -0.2) is 0 Å². The summed E-state index contributed by atoms with van der Waals surface area (Å²) in [5.74, 6) is -0.302. The average Bonchev–Trinajstić information content (AvgIpc) is 2.24. The van der Waals surface area contributed by atoms with Crippen molar-refractivity contribution in [1.29, 1.82) is 0 Å². The smallest absolute Gasteiger partial charge is 0.325 e. The third-order valence-corrected chi connectivity index (χ3v) is 1.98. The third kappa shape index (κ3) is 9.09. The van der Waals surface area contributed by atoms with Gasteiger partial charge in [0.2, 0.25) is 0 Å². The summed E-state index contributed by atoms with van der Waals surface area (Å²) in [6.07, 6.45) is 0. The summed E-state index contributed by atoms with van der Waals surface area (Å²) >= 11 is 0. The molecule has 0 rings (SSSR count). The summed E-state index contributed by atoms with van der Waals surface area (Å²) in [5, 5.41) is 3.00. The third-order valence-electron chi connectivity index (χ3n) is 1.98. The van der Waals surface area contributed by atoms with Crippen molar-refractivity contribution in [2.45, 2.75) is 39.3 Å². The van der Waals surface area contributed by atoms with E-state index in [1.165, 1.54) is 7.11 Å². The van der Waals surface area contributed by atoms with Crippen molar-refractivity contribution < 1.29 is 19.0 Å². The number of likely N-dealkylation sites (N-methyl/N-ethyl adjacent to an activating group) is 1. The Morgan fingerprint density at radius 2 is 1.94 bits per heavy atom. The summed E-state index contributed by atoms with van der Waals surface area (Å²) in [6.45, 7) is 9.88. The summed E-state index contributed by atoms with van der Waals surface area (Å²) in [6, 6.07) is -0.403. The largest absolute Gasteiger partial charge is 0.468 e. The van der Waals surface area contributed by atoms with Crippen LogP contribution in [0.3, 0.4) is 0 Å². The number of rotatable bonds is 8. The lowest BCUT2D eigenvalue weighted by Crippen LogP contribution is -2.41. The van der Waals surface area contributed by atoms with Gasteiger partial charge in [0.25, 0.3) is 0 Å². The molecule has 1 unspecified atom stereocenters. The number of carbonyl (C=O) groups is 1. The minimum atomic E-state index is -0.403. The Morgan fingerprint density at radius 3 is 2.41 bits per heavy atom. The zero-order valence-corrected chi connectivity index (χ0v) is 11.5. The Kier molecular flexibility index (Phi) is 8.12. The maximum Gasteiger partial charge on any atom is 0.325 e. The van der Waals surface area contributed by atoms with Gasteiger partial charge in [-0.2, -0.15) is 0 Å². The summed E-state index contributed by atoms with van der Waals surface area (Å²) in [5.41, 5.74) is -0.160. The van der Waals surface area contributed by atoms with E-state index in [0.29, 0.717) is 26.4 Å². The molecule has 0 heterocycles. The number of carbonyl (C=O) groups excluding carboxylic acids is 1. The summed E-state index contributed by atoms with van der Waals surface area (Å²) in [7, 11) is 1.37. The zero-order valence-electron chi connectivity index (χ0n) is 11.5. The van der Waals surface area contributed by atoms with Crippen LogP contribution in [0, 0.1) is 0 Å². The first-order valence-electron chi connectivity index (χ1n) is 5.93. The highest BCUT2D eigenvalue weighted by Gasteiger charge is 2.17. The fraction of sp³-hybridized carbons (Fsp3) is 0.917. The lowest BCUT2D eigenvalue weighted by Gasteiger charge is -2.20. The molecular formula is C12H25NO4. The molecule has 0 spiro atoms. The van der Waals surface area contributed by atoms with Crippen molar-refractivity contribution in [3.63, 3.8) is 0 Å². The Labute approximate surface area is 104 Å². The van der Waals surface area contributed by atoms with E-state index in [9.17, 15) is 4.79 Å². The maximum absolute atomic E-state index is 11.3. The van der Waals surface area contributed by atoms with E-state index in [-0.39, 0.29) is 11.6 Å². The maximum atomic E-state index is 11.3. The molecule has 5 heteroatoms. The van der Waals surface area contributed by atoms with E-state index in [4.69, 9.17) is 9.47 Å². The second-order valence-electron chi connectivity index (χ2n) is 4.67. The molecule has 1 N–H and O–H groups in total. The van der Waals surface area contributed by atoms with Crippen LogP contribution in [0.15, 0.2) is 0 Å². The molecule has 0 aliphatic rings. The number of hydrogen-bond acceptors (Lipinski definition) is 5. The van der Waals surface area contributed by atoms with Crippen LogP contribution in [0.4, 0.5) is 0 Å². The van der Waals surface area contributed by atoms with Crippen molar-refractivity contribution in [2.75, 3.05) is 33.5 Å². The molecule has 1 atom stereocenters. The van der Waals surface area contributed by atoms with Crippen LogP contribution in [0.2, 0.25) is 0 Å². The molecule has 0 fully saturated rings. The molecule has 102 valence electrons. The van der Waals surface area contributed by atoms with Gasteiger partial charge in [-0.05, 0) is 27.3 Å². The van der Waals surface area contributed by atoms with Crippen LogP contribution in [0.25, 0.3) is 0 Å². The predicted octanol–water partition coefficient (Wildman–Crippen LogP) is 0.969. The van der Waals surface area contributed by atoms with Crippen molar-refractivity contribution in [3.05, 3.63) is 0 Å². The highest BCUT2D eigenvalue weighted by molar-refractivity contribution is 5.75. The van der Waals surface area contributed by atoms with Crippen LogP contribution >= 0.6 is 0 Å². The fourth-order valence-corrected chi connectivity index (χ4v) is 1.21. The first kappa shape index (κ1) is 16.4. The molecule has 0 saturated carbocycles. The zero-order chi connectivity index (χ0) is 13.3. The van der Waals surface area contributed by atoms with E-state index in [0.717, 1.165) is 0 Å². The Balaban J connectivity index is 3.72. The van der Waals surface area contributed by atoms with E-state index in [2.05, 4.69) is 10.1 Å². The molecule has 0 aromatic heterocycles. The van der Waals surface area contributed by atoms with E-state index in [1.807, 2.05) is 27.7 Å². The Morgan fingerprint density at radius 1 is 1.29 bits per heavy atom. The highest BCUT2D eigenvalue weighted by Crippen LogP contribution is 2.05. The molecule has 0 aromatic carbocycles. The van der Waals surface area contributed by atoms with Crippen molar-refractivity contribution >= 4 is 5.97 Å². The van der Waals surface area contributed by atoms with Crippen LogP contribution in [0.5, 0.6) is 0 Å². The lowest BCUT2D eigenvalue weighted by molar-refractivity contribution is -0.145. The molecule has 17 heavy (non-hydrogen) atoms. The van der Waals surface area contributed by atoms with Gasteiger partial charge in [-0.3, -0.25) is 4.79 Å². The topological polar surface area (TPSA) is 56.8 Å². The SMILES string of the molecule is CCNC(COCCOC(C)(C)C)C(=O)OC. The molecule has 0 saturated heterocycles. The average molecular weight is 247 g/mol. The predicted molar refractivity (Wildman–Crippen MR) is 66.0 cm³/mol. The van der Waals surface area contributed by atoms with E-state index >= 15 is 0 Å². The van der Waals surface area contributed by atoms with Crippen molar-refractivity contribution in [1.82, 2.24) is 5.32 Å². The summed E-state index contributed by atoms with van der Waals surface area (Å²) < 4.78 is 15.5. The lowest BCUT2D eigenvalue weighted by atomic mass is 10.2. The van der Waals surface area contributed by atoms with E-state index < -0.39 is 6.04 Å². The van der Waals surface area contributed by atoms with Gasteiger partial charge in [0.1, 0.15) is 6.04 Å². The molecule has 0 aromatic rings. The first-order chi connectivity index (χ1) is 7.90. The minimum Gasteiger partial charge on any atom is -0.468 e. The van der Waals surface area contributed by atoms with Crippen LogP contribution in [-0.2, 0) is 19.0 Å². The second-order valence-corrected chi connectivity index (χ2v) is 4.67. The quantitative estimate of drug-likeness (QED) is 0.511. The number of methoxy groups -OCH3 is 1. The number of nitrogens with one attached hydrogen (secondary N) is 1. The number of ether oxygens (including phenoxy) is 3. The summed E-state index contributed by atoms with van der Waals surface area (Å²) in [4.78, 5) is 11.3. The Hall–Kier alpha value is -0.650. The monoisotopic (exact) mass is 247 g/mol. The van der Waals surface area contributed by atoms with Crippen LogP contribution in [-0.4, -0.2) is 51.1 Å². The van der Waals surface area contributed by atoms with Gasteiger partial charge in [-0.15, -0.1) is 0 Å². The standard InChI is InChI=1S/C12H25NO4/c1-6-13-10(11(14)15-5)9-16-7-8-17-12(2,3)4/h10,13H,6-9H2,1-5H3. The van der Waals surface area contributed by atoms with Gasteiger partial charge in [0.15, 0.2) is 0 Å². The highest BCUT2D eigenvalue weighted by atomic mass is 16.5. The molecule has 5 nitrogen and oxygen atoms in total. The van der Waals surface area contributed by atoms with Gasteiger partial charge < -0.3 is 19.5 Å². The van der Waals surface area contributed by atoms with Crippen LogP contribution in [0.1, 0.15) is 27.7 Å². The molecule has 0 amide bonds. The van der Waals surface area contributed by atoms with E-state index in [1.54, 1.807) is 0 Å². The van der Waals surface area contributed by atoms with Gasteiger partial charge in [0.05, 0.1) is 32.5 Å². The molecule has 0 aliphatic carbocycles.